The van der Waals surface area contributed by atoms with Gasteiger partial charge in [-0.2, -0.15) is 0 Å². The monoisotopic (exact) mass is 373 g/mol. The van der Waals surface area contributed by atoms with Crippen LogP contribution in [0.1, 0.15) is 36.0 Å². The van der Waals surface area contributed by atoms with Gasteiger partial charge in [0.05, 0.1) is 38.2 Å². The summed E-state index contributed by atoms with van der Waals surface area (Å²) in [5.41, 5.74) is 2.60. The summed E-state index contributed by atoms with van der Waals surface area (Å²) >= 11 is 0. The van der Waals surface area contributed by atoms with Crippen molar-refractivity contribution >= 4 is 0 Å². The highest BCUT2D eigenvalue weighted by molar-refractivity contribution is 5.50. The lowest BCUT2D eigenvalue weighted by molar-refractivity contribution is 0.233. The van der Waals surface area contributed by atoms with Crippen LogP contribution in [0.2, 0.25) is 0 Å². The first-order chi connectivity index (χ1) is 13.1. The van der Waals surface area contributed by atoms with Crippen molar-refractivity contribution in [1.82, 2.24) is 14.9 Å². The molecule has 1 aromatic heterocycles. The van der Waals surface area contributed by atoms with Crippen LogP contribution in [0.4, 0.5) is 0 Å². The standard InChI is InChI=1S/C20H27N3O4/c1-5-6-19-21-16-7-8-23(11-14(16)20(24)22-19)12-15-17(26-3)9-13(25-2)10-18(15)27-4/h9-10H,5-8,11-12H2,1-4H3,(H,21,22,24). The van der Waals surface area contributed by atoms with Gasteiger partial charge in [0.15, 0.2) is 0 Å². The molecule has 0 aliphatic carbocycles. The van der Waals surface area contributed by atoms with E-state index < -0.39 is 0 Å². The van der Waals surface area contributed by atoms with Gasteiger partial charge in [-0.15, -0.1) is 0 Å². The zero-order chi connectivity index (χ0) is 19.4. The highest BCUT2D eigenvalue weighted by Crippen LogP contribution is 2.35. The van der Waals surface area contributed by atoms with Gasteiger partial charge in [-0.05, 0) is 6.42 Å². The molecule has 0 fully saturated rings. The molecule has 0 bridgehead atoms. The summed E-state index contributed by atoms with van der Waals surface area (Å²) in [4.78, 5) is 22.3. The highest BCUT2D eigenvalue weighted by atomic mass is 16.5. The maximum absolute atomic E-state index is 12.5. The summed E-state index contributed by atoms with van der Waals surface area (Å²) in [6.45, 7) is 4.08. The number of fused-ring (bicyclic) bond motifs is 1. The quantitative estimate of drug-likeness (QED) is 0.803. The van der Waals surface area contributed by atoms with Crippen LogP contribution in [0, 0.1) is 0 Å². The molecule has 0 saturated carbocycles. The molecular formula is C20H27N3O4. The molecule has 2 heterocycles. The van der Waals surface area contributed by atoms with E-state index in [0.717, 1.165) is 48.5 Å². The maximum Gasteiger partial charge on any atom is 0.255 e. The number of H-pyrrole nitrogens is 1. The summed E-state index contributed by atoms with van der Waals surface area (Å²) in [6.07, 6.45) is 2.52. The van der Waals surface area contributed by atoms with Crippen LogP contribution in [0.25, 0.3) is 0 Å². The van der Waals surface area contributed by atoms with Gasteiger partial charge in [0.25, 0.3) is 5.56 Å². The number of aryl methyl sites for hydroxylation is 1. The highest BCUT2D eigenvalue weighted by Gasteiger charge is 2.24. The van der Waals surface area contributed by atoms with Crippen LogP contribution in [0.3, 0.4) is 0 Å². The lowest BCUT2D eigenvalue weighted by atomic mass is 10.0. The van der Waals surface area contributed by atoms with Gasteiger partial charge in [0, 0.05) is 44.6 Å². The number of aromatic nitrogens is 2. The van der Waals surface area contributed by atoms with Crippen molar-refractivity contribution in [2.45, 2.75) is 39.3 Å². The summed E-state index contributed by atoms with van der Waals surface area (Å²) in [5, 5.41) is 0. The van der Waals surface area contributed by atoms with Gasteiger partial charge in [-0.25, -0.2) is 4.98 Å². The third-order valence-corrected chi connectivity index (χ3v) is 4.88. The van der Waals surface area contributed by atoms with E-state index >= 15 is 0 Å². The Balaban J connectivity index is 1.86. The van der Waals surface area contributed by atoms with E-state index in [0.29, 0.717) is 30.3 Å². The molecule has 0 spiro atoms. The van der Waals surface area contributed by atoms with Crippen molar-refractivity contribution in [3.05, 3.63) is 45.1 Å². The van der Waals surface area contributed by atoms with Crippen LogP contribution in [-0.4, -0.2) is 42.7 Å². The second kappa shape index (κ2) is 8.43. The summed E-state index contributed by atoms with van der Waals surface area (Å²) in [7, 11) is 4.88. The largest absolute Gasteiger partial charge is 0.496 e. The average molecular weight is 373 g/mol. The molecule has 1 aliphatic rings. The molecule has 1 N–H and O–H groups in total. The predicted molar refractivity (Wildman–Crippen MR) is 103 cm³/mol. The normalized spacial score (nSPS) is 13.9. The summed E-state index contributed by atoms with van der Waals surface area (Å²) in [5.74, 6) is 2.89. The molecule has 0 unspecified atom stereocenters. The van der Waals surface area contributed by atoms with Crippen LogP contribution in [0.5, 0.6) is 17.2 Å². The van der Waals surface area contributed by atoms with Crippen LogP contribution >= 0.6 is 0 Å². The summed E-state index contributed by atoms with van der Waals surface area (Å²) in [6, 6.07) is 3.70. The van der Waals surface area contributed by atoms with Crippen molar-refractivity contribution in [1.29, 1.82) is 0 Å². The minimum atomic E-state index is -0.0261. The van der Waals surface area contributed by atoms with E-state index in [1.807, 2.05) is 12.1 Å². The van der Waals surface area contributed by atoms with Gasteiger partial charge in [0.2, 0.25) is 0 Å². The van der Waals surface area contributed by atoms with E-state index in [2.05, 4.69) is 21.8 Å². The Bertz CT molecular complexity index is 838. The Labute approximate surface area is 159 Å². The third-order valence-electron chi connectivity index (χ3n) is 4.88. The smallest absolute Gasteiger partial charge is 0.255 e. The van der Waals surface area contributed by atoms with E-state index in [-0.39, 0.29) is 5.56 Å². The van der Waals surface area contributed by atoms with E-state index in [4.69, 9.17) is 14.2 Å². The fourth-order valence-electron chi connectivity index (χ4n) is 3.48. The van der Waals surface area contributed by atoms with Gasteiger partial charge in [-0.3, -0.25) is 9.69 Å². The number of nitrogens with one attached hydrogen (secondary N) is 1. The Morgan fingerprint density at radius 2 is 1.85 bits per heavy atom. The lowest BCUT2D eigenvalue weighted by Crippen LogP contribution is -2.36. The number of rotatable bonds is 7. The molecule has 0 radical (unpaired) electrons. The van der Waals surface area contributed by atoms with E-state index in [9.17, 15) is 4.79 Å². The molecule has 3 rings (SSSR count). The van der Waals surface area contributed by atoms with Crippen molar-refractivity contribution in [2.75, 3.05) is 27.9 Å². The predicted octanol–water partition coefficient (Wildman–Crippen LogP) is 2.31. The molecule has 1 aromatic carbocycles. The van der Waals surface area contributed by atoms with Gasteiger partial charge in [0.1, 0.15) is 23.1 Å². The van der Waals surface area contributed by atoms with Crippen LogP contribution < -0.4 is 19.8 Å². The number of hydrogen-bond acceptors (Lipinski definition) is 6. The lowest BCUT2D eigenvalue weighted by Gasteiger charge is -2.29. The zero-order valence-corrected chi connectivity index (χ0v) is 16.4. The minimum absolute atomic E-state index is 0.0261. The number of aromatic amines is 1. The average Bonchev–Trinajstić information content (AvgIpc) is 2.68. The van der Waals surface area contributed by atoms with E-state index in [1.54, 1.807) is 21.3 Å². The third kappa shape index (κ3) is 4.08. The molecule has 7 nitrogen and oxygen atoms in total. The van der Waals surface area contributed by atoms with Crippen molar-refractivity contribution in [3.8, 4) is 17.2 Å². The zero-order valence-electron chi connectivity index (χ0n) is 16.4. The first-order valence-electron chi connectivity index (χ1n) is 9.21. The van der Waals surface area contributed by atoms with E-state index in [1.165, 1.54) is 0 Å². The molecule has 0 amide bonds. The molecule has 146 valence electrons. The topological polar surface area (TPSA) is 76.7 Å². The van der Waals surface area contributed by atoms with Crippen molar-refractivity contribution in [3.63, 3.8) is 0 Å². The fourth-order valence-corrected chi connectivity index (χ4v) is 3.48. The summed E-state index contributed by atoms with van der Waals surface area (Å²) < 4.78 is 16.4. The molecule has 27 heavy (non-hydrogen) atoms. The minimum Gasteiger partial charge on any atom is -0.496 e. The van der Waals surface area contributed by atoms with Gasteiger partial charge < -0.3 is 19.2 Å². The second-order valence-electron chi connectivity index (χ2n) is 6.66. The fraction of sp³-hybridized carbons (Fsp3) is 0.500. The Hall–Kier alpha value is -2.54. The Kier molecular flexibility index (Phi) is 6.01. The van der Waals surface area contributed by atoms with Gasteiger partial charge >= 0.3 is 0 Å². The SMILES string of the molecule is CCCc1nc2c(c(=O)[nH]1)CN(Cc1c(OC)cc(OC)cc1OC)CC2. The second-order valence-corrected chi connectivity index (χ2v) is 6.66. The molecule has 0 saturated heterocycles. The van der Waals surface area contributed by atoms with Crippen molar-refractivity contribution < 1.29 is 14.2 Å². The number of hydrogen-bond donors (Lipinski definition) is 1. The molecule has 2 aromatic rings. The first kappa shape index (κ1) is 19.2. The number of methoxy groups -OCH3 is 3. The number of benzene rings is 1. The number of ether oxygens (including phenoxy) is 3. The van der Waals surface area contributed by atoms with Crippen LogP contribution in [-0.2, 0) is 25.9 Å². The first-order valence-corrected chi connectivity index (χ1v) is 9.21. The molecular weight excluding hydrogens is 346 g/mol. The molecule has 0 atom stereocenters. The molecule has 1 aliphatic heterocycles. The Morgan fingerprint density at radius 1 is 1.15 bits per heavy atom. The van der Waals surface area contributed by atoms with Crippen LogP contribution in [0.15, 0.2) is 16.9 Å². The van der Waals surface area contributed by atoms with Gasteiger partial charge in [-0.1, -0.05) is 6.92 Å². The molecule has 7 heteroatoms. The van der Waals surface area contributed by atoms with Crippen molar-refractivity contribution in [2.24, 2.45) is 0 Å². The Morgan fingerprint density at radius 3 is 2.44 bits per heavy atom. The maximum atomic E-state index is 12.5. The number of nitrogens with zero attached hydrogens (tertiary/aromatic N) is 2.